The summed E-state index contributed by atoms with van der Waals surface area (Å²) >= 11 is 1.53. The lowest BCUT2D eigenvalue weighted by Crippen LogP contribution is -2.32. The van der Waals surface area contributed by atoms with Crippen molar-refractivity contribution < 1.29 is 9.59 Å². The quantitative estimate of drug-likeness (QED) is 0.656. The van der Waals surface area contributed by atoms with Crippen LogP contribution in [0.4, 0.5) is 0 Å². The van der Waals surface area contributed by atoms with E-state index in [1.54, 1.807) is 24.3 Å². The van der Waals surface area contributed by atoms with E-state index < -0.39 is 6.04 Å². The van der Waals surface area contributed by atoms with E-state index in [-0.39, 0.29) is 11.8 Å². The Balaban J connectivity index is 1.67. The van der Waals surface area contributed by atoms with E-state index in [4.69, 9.17) is 0 Å². The summed E-state index contributed by atoms with van der Waals surface area (Å²) in [4.78, 5) is 31.3. The topological polar surface area (TPSA) is 50.3 Å². The molecule has 124 valence electrons. The summed E-state index contributed by atoms with van der Waals surface area (Å²) in [7, 11) is 0. The van der Waals surface area contributed by atoms with E-state index in [1.807, 2.05) is 43.5 Å². The van der Waals surface area contributed by atoms with Gasteiger partial charge in [0.25, 0.3) is 11.8 Å². The Morgan fingerprint density at radius 1 is 0.920 bits per heavy atom. The van der Waals surface area contributed by atoms with E-state index in [2.05, 4.69) is 4.98 Å². The second-order valence-corrected chi connectivity index (χ2v) is 6.95. The Kier molecular flexibility index (Phi) is 3.73. The fourth-order valence-corrected chi connectivity index (χ4v) is 4.10. The molecule has 3 aromatic rings. The highest BCUT2D eigenvalue weighted by atomic mass is 32.1. The second kappa shape index (κ2) is 5.93. The van der Waals surface area contributed by atoms with Crippen LogP contribution in [0.2, 0.25) is 0 Å². The highest BCUT2D eigenvalue weighted by Crippen LogP contribution is 2.34. The van der Waals surface area contributed by atoms with E-state index >= 15 is 0 Å². The molecule has 5 heteroatoms. The van der Waals surface area contributed by atoms with Gasteiger partial charge in [0.05, 0.1) is 22.9 Å². The van der Waals surface area contributed by atoms with Gasteiger partial charge in [-0.2, -0.15) is 0 Å². The number of nitrogens with zero attached hydrogens (tertiary/aromatic N) is 2. The lowest BCUT2D eigenvalue weighted by atomic mass is 10.1. The first kappa shape index (κ1) is 15.7. The summed E-state index contributed by atoms with van der Waals surface area (Å²) in [6.07, 6.45) is 0. The first-order valence-corrected chi connectivity index (χ1v) is 8.94. The summed E-state index contributed by atoms with van der Waals surface area (Å²) in [5.74, 6) is -0.503. The number of amides is 2. The van der Waals surface area contributed by atoms with Crippen LogP contribution >= 0.6 is 11.3 Å². The number of benzene rings is 2. The maximum absolute atomic E-state index is 12.6. The van der Waals surface area contributed by atoms with Crippen LogP contribution in [-0.2, 0) is 0 Å². The normalized spacial score (nSPS) is 14.7. The number of thiazole rings is 1. The predicted octanol–water partition coefficient (Wildman–Crippen LogP) is 4.48. The number of carbonyl (C=O) groups excluding carboxylic acids is 2. The van der Waals surface area contributed by atoms with Crippen molar-refractivity contribution in [1.82, 2.24) is 9.88 Å². The van der Waals surface area contributed by atoms with Gasteiger partial charge in [-0.1, -0.05) is 36.4 Å². The van der Waals surface area contributed by atoms with E-state index in [9.17, 15) is 9.59 Å². The molecule has 0 saturated carbocycles. The molecule has 1 aromatic heterocycles. The summed E-state index contributed by atoms with van der Waals surface area (Å²) in [5.41, 5.74) is 3.89. The summed E-state index contributed by atoms with van der Waals surface area (Å²) < 4.78 is 0. The van der Waals surface area contributed by atoms with Crippen molar-refractivity contribution in [3.63, 3.8) is 0 Å². The monoisotopic (exact) mass is 348 g/mol. The first-order valence-electron chi connectivity index (χ1n) is 8.06. The van der Waals surface area contributed by atoms with Crippen LogP contribution in [0.25, 0.3) is 10.6 Å². The Labute approximate surface area is 149 Å². The molecule has 0 aliphatic carbocycles. The Bertz CT molecular complexity index is 958. The van der Waals surface area contributed by atoms with Gasteiger partial charge in [0.1, 0.15) is 5.01 Å². The van der Waals surface area contributed by atoms with Crippen LogP contribution < -0.4 is 0 Å². The van der Waals surface area contributed by atoms with E-state index in [0.717, 1.165) is 21.8 Å². The van der Waals surface area contributed by atoms with Gasteiger partial charge in [-0.05, 0) is 31.5 Å². The van der Waals surface area contributed by atoms with Crippen LogP contribution in [0.5, 0.6) is 0 Å². The van der Waals surface area contributed by atoms with Crippen molar-refractivity contribution in [3.8, 4) is 10.6 Å². The zero-order valence-electron chi connectivity index (χ0n) is 13.9. The summed E-state index contributed by atoms with van der Waals surface area (Å²) in [6.45, 7) is 3.89. The molecule has 0 radical (unpaired) electrons. The fraction of sp³-hybridized carbons (Fsp3) is 0.150. The van der Waals surface area contributed by atoms with Crippen LogP contribution in [-0.4, -0.2) is 21.7 Å². The highest BCUT2D eigenvalue weighted by Gasteiger charge is 2.39. The fourth-order valence-electron chi connectivity index (χ4n) is 3.11. The van der Waals surface area contributed by atoms with Gasteiger partial charge in [-0.25, -0.2) is 4.98 Å². The third-order valence-corrected chi connectivity index (χ3v) is 5.43. The van der Waals surface area contributed by atoms with Crippen molar-refractivity contribution in [2.75, 3.05) is 0 Å². The van der Waals surface area contributed by atoms with Gasteiger partial charge < -0.3 is 0 Å². The first-order chi connectivity index (χ1) is 12.1. The molecule has 0 N–H and O–H groups in total. The molecule has 0 bridgehead atoms. The Morgan fingerprint density at radius 2 is 1.48 bits per heavy atom. The maximum Gasteiger partial charge on any atom is 0.262 e. The minimum atomic E-state index is -0.401. The molecule has 2 heterocycles. The van der Waals surface area contributed by atoms with Crippen LogP contribution in [0.3, 0.4) is 0 Å². The van der Waals surface area contributed by atoms with Gasteiger partial charge in [-0.3, -0.25) is 14.5 Å². The molecular weight excluding hydrogens is 332 g/mol. The molecule has 0 saturated heterocycles. The number of aryl methyl sites for hydroxylation is 1. The van der Waals surface area contributed by atoms with Crippen molar-refractivity contribution in [2.45, 2.75) is 19.9 Å². The number of hydrogen-bond acceptors (Lipinski definition) is 4. The van der Waals surface area contributed by atoms with Gasteiger partial charge in [0.15, 0.2) is 0 Å². The zero-order valence-corrected chi connectivity index (χ0v) is 14.7. The molecule has 0 fully saturated rings. The zero-order chi connectivity index (χ0) is 17.6. The maximum atomic E-state index is 12.6. The number of hydrogen-bond donors (Lipinski definition) is 0. The van der Waals surface area contributed by atoms with Gasteiger partial charge >= 0.3 is 0 Å². The predicted molar refractivity (Wildman–Crippen MR) is 97.6 cm³/mol. The molecule has 1 unspecified atom stereocenters. The van der Waals surface area contributed by atoms with Gasteiger partial charge in [0, 0.05) is 10.9 Å². The van der Waals surface area contributed by atoms with Crippen LogP contribution in [0.15, 0.2) is 53.9 Å². The van der Waals surface area contributed by atoms with E-state index in [1.165, 1.54) is 16.2 Å². The minimum absolute atomic E-state index is 0.251. The van der Waals surface area contributed by atoms with Gasteiger partial charge in [-0.15, -0.1) is 11.3 Å². The van der Waals surface area contributed by atoms with Gasteiger partial charge in [0.2, 0.25) is 0 Å². The molecule has 2 amide bonds. The average molecular weight is 348 g/mol. The lowest BCUT2D eigenvalue weighted by molar-refractivity contribution is 0.0592. The van der Waals surface area contributed by atoms with E-state index in [0.29, 0.717) is 11.1 Å². The molecule has 25 heavy (non-hydrogen) atoms. The standard InChI is InChI=1S/C20H16N2O2S/c1-12-7-3-4-8-14(12)18-21-17(11-25-18)13(2)22-19(23)15-9-5-6-10-16(15)20(22)24/h3-11,13H,1-2H3. The van der Waals surface area contributed by atoms with Crippen LogP contribution in [0, 0.1) is 6.92 Å². The lowest BCUT2D eigenvalue weighted by Gasteiger charge is -2.20. The number of rotatable bonds is 3. The Hall–Kier alpha value is -2.79. The second-order valence-electron chi connectivity index (χ2n) is 6.09. The molecule has 4 nitrogen and oxygen atoms in total. The molecule has 2 aromatic carbocycles. The highest BCUT2D eigenvalue weighted by molar-refractivity contribution is 7.13. The van der Waals surface area contributed by atoms with Crippen molar-refractivity contribution in [3.05, 3.63) is 76.3 Å². The number of imide groups is 1. The van der Waals surface area contributed by atoms with Crippen molar-refractivity contribution in [1.29, 1.82) is 0 Å². The van der Waals surface area contributed by atoms with Crippen molar-refractivity contribution in [2.24, 2.45) is 0 Å². The number of carbonyl (C=O) groups is 2. The molecule has 4 rings (SSSR count). The Morgan fingerprint density at radius 3 is 2.08 bits per heavy atom. The van der Waals surface area contributed by atoms with Crippen molar-refractivity contribution >= 4 is 23.2 Å². The van der Waals surface area contributed by atoms with Crippen LogP contribution in [0.1, 0.15) is 44.9 Å². The number of fused-ring (bicyclic) bond motifs is 1. The minimum Gasteiger partial charge on any atom is -0.269 e. The summed E-state index contributed by atoms with van der Waals surface area (Å²) in [5, 5.41) is 2.83. The average Bonchev–Trinajstić information content (AvgIpc) is 3.20. The molecule has 0 spiro atoms. The number of aromatic nitrogens is 1. The molecular formula is C20H16N2O2S. The molecule has 1 aliphatic heterocycles. The third-order valence-electron chi connectivity index (χ3n) is 4.54. The smallest absolute Gasteiger partial charge is 0.262 e. The third kappa shape index (κ3) is 2.48. The summed E-state index contributed by atoms with van der Waals surface area (Å²) in [6, 6.07) is 14.6. The molecule has 1 aliphatic rings. The SMILES string of the molecule is Cc1ccccc1-c1nc(C(C)N2C(=O)c3ccccc3C2=O)cs1. The molecule has 1 atom stereocenters. The largest absolute Gasteiger partial charge is 0.269 e.